The number of amides is 1. The quantitative estimate of drug-likeness (QED) is 0.416. The van der Waals surface area contributed by atoms with Crippen LogP contribution in [0.15, 0.2) is 17.1 Å². The summed E-state index contributed by atoms with van der Waals surface area (Å²) in [5.41, 5.74) is 2.69. The molecule has 2 rings (SSSR count). The molecule has 0 bridgehead atoms. The molecule has 0 aliphatic carbocycles. The second kappa shape index (κ2) is 5.63. The fraction of sp³-hybridized carbons (Fsp3) is 0.545. The van der Waals surface area contributed by atoms with Crippen molar-refractivity contribution in [2.45, 2.75) is 25.8 Å². The summed E-state index contributed by atoms with van der Waals surface area (Å²) < 4.78 is 1.27. The van der Waals surface area contributed by atoms with Gasteiger partial charge in [-0.2, -0.15) is 5.10 Å². The Morgan fingerprint density at radius 1 is 1.44 bits per heavy atom. The van der Waals surface area contributed by atoms with Crippen LogP contribution >= 0.6 is 0 Å². The predicted molar refractivity (Wildman–Crippen MR) is 66.9 cm³/mol. The normalized spacial score (nSPS) is 14.8. The van der Waals surface area contributed by atoms with Crippen LogP contribution in [0.3, 0.4) is 0 Å². The van der Waals surface area contributed by atoms with Crippen LogP contribution in [0, 0.1) is 0 Å². The Hall–Kier alpha value is -1.89. The van der Waals surface area contributed by atoms with Crippen LogP contribution in [-0.4, -0.2) is 28.8 Å². The van der Waals surface area contributed by atoms with Crippen LogP contribution in [0.1, 0.15) is 19.3 Å². The molecule has 3 N–H and O–H groups in total. The van der Waals surface area contributed by atoms with E-state index < -0.39 is 0 Å². The molecule has 1 amide bonds. The third-order valence-electron chi connectivity index (χ3n) is 3.04. The summed E-state index contributed by atoms with van der Waals surface area (Å²) in [5, 5.41) is 4.07. The summed E-state index contributed by atoms with van der Waals surface area (Å²) >= 11 is 0. The van der Waals surface area contributed by atoms with E-state index in [-0.39, 0.29) is 24.4 Å². The molecule has 1 fully saturated rings. The summed E-state index contributed by atoms with van der Waals surface area (Å²) in [6, 6.07) is 1.57. The second-order valence-corrected chi connectivity index (χ2v) is 4.29. The Morgan fingerprint density at radius 2 is 2.17 bits per heavy atom. The molecular formula is C11H17N5O2. The van der Waals surface area contributed by atoms with Crippen LogP contribution < -0.4 is 21.7 Å². The average Bonchev–Trinajstić information content (AvgIpc) is 2.90. The number of nitrogens with one attached hydrogen (secondary N) is 1. The molecule has 7 heteroatoms. The number of carbonyl (C=O) groups excluding carboxylic acids is 1. The lowest BCUT2D eigenvalue weighted by Crippen LogP contribution is -2.33. The SMILES string of the molecule is NNC(=O)CCn1ncc(N2CCCC2)cc1=O. The summed E-state index contributed by atoms with van der Waals surface area (Å²) in [6.45, 7) is 2.18. The molecule has 0 unspecified atom stereocenters. The number of aryl methyl sites for hydroxylation is 1. The summed E-state index contributed by atoms with van der Waals surface area (Å²) in [7, 11) is 0. The van der Waals surface area contributed by atoms with Gasteiger partial charge >= 0.3 is 0 Å². The Morgan fingerprint density at radius 3 is 2.78 bits per heavy atom. The smallest absolute Gasteiger partial charge is 0.268 e. The van der Waals surface area contributed by atoms with Crippen LogP contribution in [-0.2, 0) is 11.3 Å². The van der Waals surface area contributed by atoms with E-state index in [1.807, 2.05) is 5.43 Å². The number of hydrogen-bond acceptors (Lipinski definition) is 5. The molecule has 1 aliphatic rings. The first-order chi connectivity index (χ1) is 8.70. The van der Waals surface area contributed by atoms with Crippen molar-refractivity contribution in [3.8, 4) is 0 Å². The number of hydrazine groups is 1. The molecule has 1 aromatic rings. The highest BCUT2D eigenvalue weighted by molar-refractivity contribution is 5.74. The third-order valence-corrected chi connectivity index (χ3v) is 3.04. The topological polar surface area (TPSA) is 93.2 Å². The van der Waals surface area contributed by atoms with Gasteiger partial charge in [-0.25, -0.2) is 10.5 Å². The fourth-order valence-electron chi connectivity index (χ4n) is 2.02. The molecule has 1 saturated heterocycles. The van der Waals surface area contributed by atoms with Crippen molar-refractivity contribution in [2.24, 2.45) is 5.84 Å². The van der Waals surface area contributed by atoms with Crippen molar-refractivity contribution in [2.75, 3.05) is 18.0 Å². The van der Waals surface area contributed by atoms with Gasteiger partial charge in [0.15, 0.2) is 0 Å². The van der Waals surface area contributed by atoms with Crippen molar-refractivity contribution < 1.29 is 4.79 Å². The first-order valence-electron chi connectivity index (χ1n) is 6.02. The minimum Gasteiger partial charge on any atom is -0.370 e. The van der Waals surface area contributed by atoms with Crippen LogP contribution in [0.2, 0.25) is 0 Å². The van der Waals surface area contributed by atoms with Crippen LogP contribution in [0.5, 0.6) is 0 Å². The van der Waals surface area contributed by atoms with Gasteiger partial charge in [-0.1, -0.05) is 0 Å². The van der Waals surface area contributed by atoms with Crippen molar-refractivity contribution >= 4 is 11.6 Å². The van der Waals surface area contributed by atoms with E-state index in [1.165, 1.54) is 4.68 Å². The van der Waals surface area contributed by atoms with Gasteiger partial charge < -0.3 is 4.90 Å². The number of nitrogens with two attached hydrogens (primary N) is 1. The van der Waals surface area contributed by atoms with E-state index in [9.17, 15) is 9.59 Å². The third kappa shape index (κ3) is 2.86. The number of rotatable bonds is 4. The largest absolute Gasteiger partial charge is 0.370 e. The first-order valence-corrected chi connectivity index (χ1v) is 6.02. The lowest BCUT2D eigenvalue weighted by atomic mass is 10.4. The van der Waals surface area contributed by atoms with E-state index in [1.54, 1.807) is 12.3 Å². The van der Waals surface area contributed by atoms with E-state index in [0.29, 0.717) is 0 Å². The molecule has 1 aliphatic heterocycles. The van der Waals surface area contributed by atoms with Gasteiger partial charge in [0.05, 0.1) is 18.4 Å². The highest BCUT2D eigenvalue weighted by Gasteiger charge is 2.13. The maximum Gasteiger partial charge on any atom is 0.268 e. The molecular weight excluding hydrogens is 234 g/mol. The molecule has 0 saturated carbocycles. The van der Waals surface area contributed by atoms with Gasteiger partial charge in [0.1, 0.15) is 0 Å². The van der Waals surface area contributed by atoms with E-state index in [2.05, 4.69) is 10.00 Å². The number of carbonyl (C=O) groups is 1. The Balaban J connectivity index is 2.05. The van der Waals surface area contributed by atoms with Gasteiger partial charge in [-0.3, -0.25) is 15.0 Å². The number of hydrogen-bond donors (Lipinski definition) is 2. The van der Waals surface area contributed by atoms with Crippen LogP contribution in [0.4, 0.5) is 5.69 Å². The zero-order chi connectivity index (χ0) is 13.0. The molecule has 2 heterocycles. The zero-order valence-electron chi connectivity index (χ0n) is 10.1. The van der Waals surface area contributed by atoms with Gasteiger partial charge in [0, 0.05) is 25.6 Å². The molecule has 18 heavy (non-hydrogen) atoms. The Labute approximate surface area is 105 Å². The van der Waals surface area contributed by atoms with Crippen LogP contribution in [0.25, 0.3) is 0 Å². The molecule has 1 aromatic heterocycles. The van der Waals surface area contributed by atoms with Gasteiger partial charge in [0.2, 0.25) is 5.91 Å². The second-order valence-electron chi connectivity index (χ2n) is 4.29. The minimum absolute atomic E-state index is 0.145. The first kappa shape index (κ1) is 12.6. The zero-order valence-corrected chi connectivity index (χ0v) is 10.1. The molecule has 7 nitrogen and oxygen atoms in total. The molecule has 0 atom stereocenters. The highest BCUT2D eigenvalue weighted by atomic mass is 16.2. The van der Waals surface area contributed by atoms with Crippen molar-refractivity contribution in [3.05, 3.63) is 22.6 Å². The molecule has 98 valence electrons. The predicted octanol–water partition coefficient (Wildman–Crippen LogP) is -0.776. The number of nitrogens with zero attached hydrogens (tertiary/aromatic N) is 3. The summed E-state index contributed by atoms with van der Waals surface area (Å²) in [5.74, 6) is 4.65. The average molecular weight is 251 g/mol. The van der Waals surface area contributed by atoms with Crippen molar-refractivity contribution in [1.82, 2.24) is 15.2 Å². The Bertz CT molecular complexity index is 479. The van der Waals surface area contributed by atoms with Crippen molar-refractivity contribution in [1.29, 1.82) is 0 Å². The standard InChI is InChI=1S/C11H17N5O2/c12-14-10(17)3-6-16-11(18)7-9(8-13-16)15-4-1-2-5-15/h7-8H,1-6,12H2,(H,14,17). The maximum atomic E-state index is 11.8. The number of anilines is 1. The summed E-state index contributed by atoms with van der Waals surface area (Å²) in [4.78, 5) is 24.9. The van der Waals surface area contributed by atoms with E-state index in [0.717, 1.165) is 31.6 Å². The number of aromatic nitrogens is 2. The van der Waals surface area contributed by atoms with Gasteiger partial charge in [-0.05, 0) is 12.8 Å². The Kier molecular flexibility index (Phi) is 3.93. The van der Waals surface area contributed by atoms with Crippen molar-refractivity contribution in [3.63, 3.8) is 0 Å². The lowest BCUT2D eigenvalue weighted by molar-refractivity contribution is -0.121. The molecule has 0 aromatic carbocycles. The lowest BCUT2D eigenvalue weighted by Gasteiger charge is -2.16. The summed E-state index contributed by atoms with van der Waals surface area (Å²) in [6.07, 6.45) is 4.12. The van der Waals surface area contributed by atoms with Gasteiger partial charge in [-0.15, -0.1) is 0 Å². The maximum absolute atomic E-state index is 11.8. The van der Waals surface area contributed by atoms with E-state index >= 15 is 0 Å². The molecule has 0 spiro atoms. The minimum atomic E-state index is -0.313. The monoisotopic (exact) mass is 251 g/mol. The highest BCUT2D eigenvalue weighted by Crippen LogP contribution is 2.16. The fourth-order valence-corrected chi connectivity index (χ4v) is 2.02. The van der Waals surface area contributed by atoms with E-state index in [4.69, 9.17) is 5.84 Å². The molecule has 0 radical (unpaired) electrons. The van der Waals surface area contributed by atoms with Gasteiger partial charge in [0.25, 0.3) is 5.56 Å².